The molecule has 1 atom stereocenters. The first-order valence-electron chi connectivity index (χ1n) is 9.76. The number of piperidine rings is 1. The Morgan fingerprint density at radius 1 is 1.35 bits per heavy atom. The zero-order valence-electron chi connectivity index (χ0n) is 15.4. The normalized spacial score (nSPS) is 20.2. The summed E-state index contributed by atoms with van der Waals surface area (Å²) in [4.78, 5) is 19.4. The van der Waals surface area contributed by atoms with Gasteiger partial charge >= 0.3 is 0 Å². The fourth-order valence-corrected chi connectivity index (χ4v) is 4.68. The van der Waals surface area contributed by atoms with Crippen molar-refractivity contribution in [2.45, 2.75) is 64.6 Å². The lowest BCUT2D eigenvalue weighted by Gasteiger charge is -2.27. The average molecular weight is 374 g/mol. The van der Waals surface area contributed by atoms with E-state index in [4.69, 9.17) is 5.10 Å². The molecule has 26 heavy (non-hydrogen) atoms. The van der Waals surface area contributed by atoms with Crippen molar-refractivity contribution >= 4 is 17.2 Å². The molecule has 1 unspecified atom stereocenters. The number of aromatic nitrogens is 3. The number of fused-ring (bicyclic) bond motifs is 1. The third kappa shape index (κ3) is 3.55. The number of aryl methyl sites for hydroxylation is 1. The highest BCUT2D eigenvalue weighted by molar-refractivity contribution is 7.09. The van der Waals surface area contributed by atoms with E-state index in [0.717, 1.165) is 63.3 Å². The smallest absolute Gasteiger partial charge is 0.274 e. The molecule has 6 nitrogen and oxygen atoms in total. The molecule has 1 fully saturated rings. The Labute approximate surface area is 158 Å². The molecule has 0 saturated carbocycles. The van der Waals surface area contributed by atoms with Crippen molar-refractivity contribution in [3.8, 4) is 0 Å². The largest absolute Gasteiger partial charge is 0.337 e. The number of hydrogen-bond acceptors (Lipinski definition) is 5. The number of carbonyl (C=O) groups is 1. The Hall–Kier alpha value is -1.73. The molecule has 1 aliphatic heterocycles. The van der Waals surface area contributed by atoms with Gasteiger partial charge in [0.15, 0.2) is 5.69 Å². The van der Waals surface area contributed by atoms with E-state index in [2.05, 4.69) is 17.2 Å². The Kier molecular flexibility index (Phi) is 5.36. The second-order valence-corrected chi connectivity index (χ2v) is 8.17. The summed E-state index contributed by atoms with van der Waals surface area (Å²) in [5.41, 5.74) is 3.13. The number of rotatable bonds is 5. The highest BCUT2D eigenvalue weighted by Crippen LogP contribution is 2.27. The number of nitrogens with one attached hydrogen (secondary N) is 1. The van der Waals surface area contributed by atoms with Gasteiger partial charge in [-0.3, -0.25) is 9.48 Å². The van der Waals surface area contributed by atoms with Crippen LogP contribution in [0.3, 0.4) is 0 Å². The Balaban J connectivity index is 1.51. The van der Waals surface area contributed by atoms with Crippen LogP contribution in [0.15, 0.2) is 11.6 Å². The maximum atomic E-state index is 13.1. The monoisotopic (exact) mass is 373 g/mol. The molecule has 0 spiro atoms. The van der Waals surface area contributed by atoms with Crippen molar-refractivity contribution in [3.63, 3.8) is 0 Å². The van der Waals surface area contributed by atoms with Crippen LogP contribution in [0.1, 0.15) is 59.4 Å². The first-order valence-corrected chi connectivity index (χ1v) is 10.6. The number of nitrogens with zero attached hydrogens (tertiary/aromatic N) is 4. The van der Waals surface area contributed by atoms with Gasteiger partial charge in [0.1, 0.15) is 5.01 Å². The Morgan fingerprint density at radius 2 is 2.19 bits per heavy atom. The SMILES string of the molecule is CCn1nc(C(=O)N2CCCCC2)c2c1CCC(NCc1nccs1)C2. The molecule has 0 aromatic carbocycles. The molecule has 2 aromatic heterocycles. The molecular formula is C19H27N5OS. The van der Waals surface area contributed by atoms with Crippen molar-refractivity contribution < 1.29 is 4.79 Å². The van der Waals surface area contributed by atoms with Gasteiger partial charge in [-0.1, -0.05) is 0 Å². The van der Waals surface area contributed by atoms with Crippen molar-refractivity contribution in [1.29, 1.82) is 0 Å². The van der Waals surface area contributed by atoms with Crippen LogP contribution in [0, 0.1) is 0 Å². The van der Waals surface area contributed by atoms with E-state index in [1.807, 2.05) is 21.2 Å². The average Bonchev–Trinajstić information content (AvgIpc) is 3.34. The summed E-state index contributed by atoms with van der Waals surface area (Å²) in [6, 6.07) is 0.383. The van der Waals surface area contributed by atoms with Crippen LogP contribution in [0.5, 0.6) is 0 Å². The van der Waals surface area contributed by atoms with Crippen LogP contribution in [-0.2, 0) is 25.9 Å². The predicted octanol–water partition coefficient (Wildman–Crippen LogP) is 2.63. The van der Waals surface area contributed by atoms with Gasteiger partial charge in [-0.25, -0.2) is 4.98 Å². The number of carbonyl (C=O) groups excluding carboxylic acids is 1. The maximum Gasteiger partial charge on any atom is 0.274 e. The van der Waals surface area contributed by atoms with E-state index in [-0.39, 0.29) is 5.91 Å². The van der Waals surface area contributed by atoms with Gasteiger partial charge in [-0.05, 0) is 45.4 Å². The van der Waals surface area contributed by atoms with Gasteiger partial charge in [0, 0.05) is 55.1 Å². The Bertz CT molecular complexity index is 748. The maximum absolute atomic E-state index is 13.1. The van der Waals surface area contributed by atoms with Crippen LogP contribution < -0.4 is 5.32 Å². The summed E-state index contributed by atoms with van der Waals surface area (Å²) < 4.78 is 2.05. The zero-order chi connectivity index (χ0) is 17.9. The van der Waals surface area contributed by atoms with E-state index < -0.39 is 0 Å². The molecule has 1 amide bonds. The van der Waals surface area contributed by atoms with Crippen LogP contribution in [-0.4, -0.2) is 44.7 Å². The molecule has 7 heteroatoms. The van der Waals surface area contributed by atoms with Crippen LogP contribution in [0.4, 0.5) is 0 Å². The third-order valence-corrected chi connectivity index (χ3v) is 6.30. The molecule has 1 saturated heterocycles. The fourth-order valence-electron chi connectivity index (χ4n) is 4.11. The molecule has 3 heterocycles. The topological polar surface area (TPSA) is 63.1 Å². The molecule has 2 aromatic rings. The third-order valence-electron chi connectivity index (χ3n) is 5.52. The minimum atomic E-state index is 0.133. The standard InChI is InChI=1S/C19H27N5OS/c1-2-24-16-7-6-14(21-13-17-20-8-11-26-17)12-15(16)18(22-24)19(25)23-9-4-3-5-10-23/h8,11,14,21H,2-7,9-10,12-13H2,1H3. The van der Waals surface area contributed by atoms with Crippen LogP contribution >= 0.6 is 11.3 Å². The molecule has 0 bridgehead atoms. The quantitative estimate of drug-likeness (QED) is 0.875. The molecule has 1 N–H and O–H groups in total. The van der Waals surface area contributed by atoms with E-state index >= 15 is 0 Å². The van der Waals surface area contributed by atoms with Gasteiger partial charge in [-0.2, -0.15) is 5.10 Å². The Morgan fingerprint density at radius 3 is 2.92 bits per heavy atom. The summed E-state index contributed by atoms with van der Waals surface area (Å²) in [6.07, 6.45) is 8.26. The van der Waals surface area contributed by atoms with Crippen LogP contribution in [0.25, 0.3) is 0 Å². The molecule has 2 aliphatic rings. The van der Waals surface area contributed by atoms with E-state index in [1.54, 1.807) is 11.3 Å². The van der Waals surface area contributed by atoms with Gasteiger partial charge < -0.3 is 10.2 Å². The van der Waals surface area contributed by atoms with Gasteiger partial charge in [0.05, 0.1) is 0 Å². The van der Waals surface area contributed by atoms with Crippen molar-refractivity contribution in [3.05, 3.63) is 33.5 Å². The zero-order valence-corrected chi connectivity index (χ0v) is 16.2. The predicted molar refractivity (Wildman–Crippen MR) is 102 cm³/mol. The molecule has 0 radical (unpaired) electrons. The summed E-state index contributed by atoms with van der Waals surface area (Å²) in [5, 5.41) is 11.5. The van der Waals surface area contributed by atoms with Crippen molar-refractivity contribution in [1.82, 2.24) is 25.0 Å². The van der Waals surface area contributed by atoms with Crippen molar-refractivity contribution in [2.75, 3.05) is 13.1 Å². The summed E-state index contributed by atoms with van der Waals surface area (Å²) >= 11 is 1.68. The lowest BCUT2D eigenvalue weighted by molar-refractivity contribution is 0.0716. The molecule has 1 aliphatic carbocycles. The molecular weight excluding hydrogens is 346 g/mol. The molecule has 4 rings (SSSR count). The number of likely N-dealkylation sites (tertiary alicyclic amines) is 1. The second-order valence-electron chi connectivity index (χ2n) is 7.19. The molecule has 140 valence electrons. The van der Waals surface area contributed by atoms with Gasteiger partial charge in [0.2, 0.25) is 0 Å². The highest BCUT2D eigenvalue weighted by Gasteiger charge is 2.31. The number of amides is 1. The minimum Gasteiger partial charge on any atom is -0.337 e. The number of hydrogen-bond donors (Lipinski definition) is 1. The lowest BCUT2D eigenvalue weighted by atomic mass is 9.91. The summed E-state index contributed by atoms with van der Waals surface area (Å²) in [6.45, 7) is 5.48. The lowest BCUT2D eigenvalue weighted by Crippen LogP contribution is -2.38. The van der Waals surface area contributed by atoms with Crippen LogP contribution in [0.2, 0.25) is 0 Å². The van der Waals surface area contributed by atoms with E-state index in [9.17, 15) is 4.79 Å². The minimum absolute atomic E-state index is 0.133. The van der Waals surface area contributed by atoms with Gasteiger partial charge in [-0.15, -0.1) is 11.3 Å². The first-order chi connectivity index (χ1) is 12.8. The summed E-state index contributed by atoms with van der Waals surface area (Å²) in [5.74, 6) is 0.133. The first kappa shape index (κ1) is 17.7. The number of thiazole rings is 1. The van der Waals surface area contributed by atoms with E-state index in [1.165, 1.54) is 17.7 Å². The van der Waals surface area contributed by atoms with Crippen molar-refractivity contribution in [2.24, 2.45) is 0 Å². The summed E-state index contributed by atoms with van der Waals surface area (Å²) in [7, 11) is 0. The van der Waals surface area contributed by atoms with E-state index in [0.29, 0.717) is 11.7 Å². The fraction of sp³-hybridized carbons (Fsp3) is 0.632. The second kappa shape index (κ2) is 7.88. The highest BCUT2D eigenvalue weighted by atomic mass is 32.1. The van der Waals surface area contributed by atoms with Gasteiger partial charge in [0.25, 0.3) is 5.91 Å².